The molecule has 6 nitrogen and oxygen atoms in total. The number of allylic oxidation sites excluding steroid dienone is 2. The molecular formula is C32H40N4O2. The van der Waals surface area contributed by atoms with E-state index in [9.17, 15) is 4.79 Å². The van der Waals surface area contributed by atoms with Gasteiger partial charge in [0.15, 0.2) is 0 Å². The third-order valence-electron chi connectivity index (χ3n) is 7.82. The van der Waals surface area contributed by atoms with Crippen LogP contribution in [0.1, 0.15) is 81.4 Å². The van der Waals surface area contributed by atoms with Gasteiger partial charge >= 0.3 is 5.97 Å². The Balaban J connectivity index is 1.67. The number of ether oxygens (including phenoxy) is 1. The molecule has 1 atom stereocenters. The summed E-state index contributed by atoms with van der Waals surface area (Å²) < 4.78 is 9.79. The van der Waals surface area contributed by atoms with Crippen LogP contribution in [0.5, 0.6) is 0 Å². The summed E-state index contributed by atoms with van der Waals surface area (Å²) in [5, 5.41) is 0. The van der Waals surface area contributed by atoms with Gasteiger partial charge in [0.2, 0.25) is 0 Å². The predicted octanol–water partition coefficient (Wildman–Crippen LogP) is 7.73. The van der Waals surface area contributed by atoms with E-state index in [2.05, 4.69) is 53.3 Å². The summed E-state index contributed by atoms with van der Waals surface area (Å²) in [6.45, 7) is 6.31. The van der Waals surface area contributed by atoms with E-state index in [4.69, 9.17) is 14.7 Å². The summed E-state index contributed by atoms with van der Waals surface area (Å²) in [6, 6.07) is 12.2. The maximum atomic E-state index is 12.3. The van der Waals surface area contributed by atoms with Gasteiger partial charge in [-0.3, -0.25) is 0 Å². The number of methoxy groups -OCH3 is 1. The van der Waals surface area contributed by atoms with Gasteiger partial charge in [0.05, 0.1) is 34.7 Å². The highest BCUT2D eigenvalue weighted by atomic mass is 16.5. The van der Waals surface area contributed by atoms with Gasteiger partial charge < -0.3 is 13.9 Å². The number of para-hydroxylation sites is 1. The van der Waals surface area contributed by atoms with E-state index < -0.39 is 0 Å². The standard InChI is InChI=1S/C32H40N4O2/c1-4-6-16-29-33-26-15-11-14-25(30(26)36(29)20-7-5-2)31-34-27-22-24(32(37)38-3)17-18-28(27)35(31)21-19-23-12-9-8-10-13-23/h9,11-12,14-15,17-18,22-23H,4-8,10,13,16,19-21H2,1-3H3. The second kappa shape index (κ2) is 12.0. The van der Waals surface area contributed by atoms with E-state index in [-0.39, 0.29) is 5.97 Å². The van der Waals surface area contributed by atoms with Crippen LogP contribution < -0.4 is 0 Å². The number of aryl methyl sites for hydroxylation is 3. The average molecular weight is 513 g/mol. The van der Waals surface area contributed by atoms with Gasteiger partial charge in [-0.2, -0.15) is 0 Å². The SMILES string of the molecule is CCCCc1nc2cccc(-c3nc4cc(C(=O)OC)ccc4n3CCC3C=CCCC3)c2n1CCCC. The Bertz CT molecular complexity index is 1440. The third-order valence-corrected chi connectivity index (χ3v) is 7.82. The fourth-order valence-electron chi connectivity index (χ4n) is 5.72. The Morgan fingerprint density at radius 1 is 1.03 bits per heavy atom. The maximum Gasteiger partial charge on any atom is 0.337 e. The summed E-state index contributed by atoms with van der Waals surface area (Å²) in [5.74, 6) is 2.38. The predicted molar refractivity (Wildman–Crippen MR) is 154 cm³/mol. The Morgan fingerprint density at radius 2 is 1.89 bits per heavy atom. The minimum atomic E-state index is -0.337. The number of rotatable bonds is 11. The van der Waals surface area contributed by atoms with Crippen molar-refractivity contribution in [3.05, 3.63) is 59.9 Å². The normalized spacial score (nSPS) is 15.5. The van der Waals surface area contributed by atoms with Crippen molar-refractivity contribution in [2.24, 2.45) is 5.92 Å². The molecule has 5 rings (SSSR count). The van der Waals surface area contributed by atoms with Gasteiger partial charge in [-0.25, -0.2) is 14.8 Å². The number of unbranched alkanes of at least 4 members (excludes halogenated alkanes) is 2. The quantitative estimate of drug-likeness (QED) is 0.152. The number of nitrogens with zero attached hydrogens (tertiary/aromatic N) is 4. The van der Waals surface area contributed by atoms with Crippen molar-refractivity contribution < 1.29 is 9.53 Å². The van der Waals surface area contributed by atoms with Crippen LogP contribution in [-0.4, -0.2) is 32.2 Å². The molecule has 2 aromatic carbocycles. The number of fused-ring (bicyclic) bond motifs is 2. The lowest BCUT2D eigenvalue weighted by Gasteiger charge is -2.18. The van der Waals surface area contributed by atoms with E-state index >= 15 is 0 Å². The van der Waals surface area contributed by atoms with E-state index in [0.29, 0.717) is 11.5 Å². The molecule has 200 valence electrons. The number of carbonyl (C=O) groups is 1. The molecule has 1 unspecified atom stereocenters. The lowest BCUT2D eigenvalue weighted by molar-refractivity contribution is 0.0601. The maximum absolute atomic E-state index is 12.3. The van der Waals surface area contributed by atoms with E-state index in [1.807, 2.05) is 18.2 Å². The van der Waals surface area contributed by atoms with Crippen LogP contribution in [0.3, 0.4) is 0 Å². The zero-order valence-corrected chi connectivity index (χ0v) is 23.1. The monoisotopic (exact) mass is 512 g/mol. The van der Waals surface area contributed by atoms with Crippen molar-refractivity contribution in [1.82, 2.24) is 19.1 Å². The highest BCUT2D eigenvalue weighted by molar-refractivity contribution is 5.96. The molecule has 0 radical (unpaired) electrons. The number of aromatic nitrogens is 4. The van der Waals surface area contributed by atoms with Crippen LogP contribution in [0.15, 0.2) is 48.6 Å². The summed E-state index contributed by atoms with van der Waals surface area (Å²) in [6.07, 6.45) is 15.0. The first-order valence-electron chi connectivity index (χ1n) is 14.4. The Hall–Kier alpha value is -3.41. The van der Waals surface area contributed by atoms with E-state index in [0.717, 1.165) is 79.6 Å². The number of esters is 1. The molecule has 0 fully saturated rings. The summed E-state index contributed by atoms with van der Waals surface area (Å²) >= 11 is 0. The molecule has 0 saturated carbocycles. The topological polar surface area (TPSA) is 61.9 Å². The molecule has 0 amide bonds. The van der Waals surface area contributed by atoms with Crippen molar-refractivity contribution in [2.75, 3.05) is 7.11 Å². The lowest BCUT2D eigenvalue weighted by atomic mass is 9.93. The van der Waals surface area contributed by atoms with Crippen LogP contribution in [0.4, 0.5) is 0 Å². The second-order valence-electron chi connectivity index (χ2n) is 10.5. The van der Waals surface area contributed by atoms with Crippen LogP contribution in [0, 0.1) is 5.92 Å². The number of hydrogen-bond donors (Lipinski definition) is 0. The zero-order chi connectivity index (χ0) is 26.5. The molecule has 2 heterocycles. The first-order valence-corrected chi connectivity index (χ1v) is 14.4. The first kappa shape index (κ1) is 26.2. The first-order chi connectivity index (χ1) is 18.6. The fraction of sp³-hybridized carbons (Fsp3) is 0.469. The molecule has 4 aromatic rings. The van der Waals surface area contributed by atoms with Crippen LogP contribution >= 0.6 is 0 Å². The minimum absolute atomic E-state index is 0.337. The molecule has 1 aliphatic rings. The summed E-state index contributed by atoms with van der Waals surface area (Å²) in [7, 11) is 1.42. The molecular weight excluding hydrogens is 472 g/mol. The number of carbonyl (C=O) groups excluding carboxylic acids is 1. The molecule has 38 heavy (non-hydrogen) atoms. The molecule has 0 saturated heterocycles. The van der Waals surface area contributed by atoms with Crippen LogP contribution in [0.2, 0.25) is 0 Å². The molecule has 0 N–H and O–H groups in total. The van der Waals surface area contributed by atoms with Crippen molar-refractivity contribution in [1.29, 1.82) is 0 Å². The van der Waals surface area contributed by atoms with Gasteiger partial charge in [0.1, 0.15) is 11.6 Å². The molecule has 6 heteroatoms. The van der Waals surface area contributed by atoms with Crippen LogP contribution in [-0.2, 0) is 24.2 Å². The van der Waals surface area contributed by atoms with E-state index in [1.54, 1.807) is 0 Å². The Morgan fingerprint density at radius 3 is 2.66 bits per heavy atom. The van der Waals surface area contributed by atoms with Crippen molar-refractivity contribution in [3.63, 3.8) is 0 Å². The summed E-state index contributed by atoms with van der Waals surface area (Å²) in [4.78, 5) is 22.5. The Labute approximate surface area is 225 Å². The molecule has 0 aliphatic heterocycles. The number of hydrogen-bond acceptors (Lipinski definition) is 4. The average Bonchev–Trinajstić information content (AvgIpc) is 3.51. The zero-order valence-electron chi connectivity index (χ0n) is 23.1. The van der Waals surface area contributed by atoms with Crippen molar-refractivity contribution in [3.8, 4) is 11.4 Å². The van der Waals surface area contributed by atoms with Gasteiger partial charge in [-0.1, -0.05) is 44.9 Å². The van der Waals surface area contributed by atoms with Gasteiger partial charge in [0, 0.05) is 25.1 Å². The van der Waals surface area contributed by atoms with Gasteiger partial charge in [-0.05, 0) is 74.8 Å². The van der Waals surface area contributed by atoms with Crippen molar-refractivity contribution >= 4 is 28.0 Å². The third kappa shape index (κ3) is 5.27. The van der Waals surface area contributed by atoms with Gasteiger partial charge in [0.25, 0.3) is 0 Å². The molecule has 1 aliphatic carbocycles. The molecule has 2 aromatic heterocycles. The smallest absolute Gasteiger partial charge is 0.337 e. The lowest BCUT2D eigenvalue weighted by Crippen LogP contribution is -2.09. The molecule has 0 spiro atoms. The second-order valence-corrected chi connectivity index (χ2v) is 10.5. The molecule has 0 bridgehead atoms. The largest absolute Gasteiger partial charge is 0.465 e. The van der Waals surface area contributed by atoms with Crippen LogP contribution in [0.25, 0.3) is 33.5 Å². The highest BCUT2D eigenvalue weighted by Gasteiger charge is 2.21. The number of benzene rings is 2. The highest BCUT2D eigenvalue weighted by Crippen LogP contribution is 2.34. The number of imidazole rings is 2. The minimum Gasteiger partial charge on any atom is -0.465 e. The van der Waals surface area contributed by atoms with Gasteiger partial charge in [-0.15, -0.1) is 0 Å². The van der Waals surface area contributed by atoms with Crippen molar-refractivity contribution in [2.45, 2.75) is 84.7 Å². The Kier molecular flexibility index (Phi) is 8.26. The van der Waals surface area contributed by atoms with E-state index in [1.165, 1.54) is 37.7 Å². The fourth-order valence-corrected chi connectivity index (χ4v) is 5.72. The summed E-state index contributed by atoms with van der Waals surface area (Å²) in [5.41, 5.74) is 5.73.